The average Bonchev–Trinajstić information content (AvgIpc) is 2.37. The second-order valence-electron chi connectivity index (χ2n) is 5.83. The lowest BCUT2D eigenvalue weighted by Gasteiger charge is -2.22. The van der Waals surface area contributed by atoms with E-state index in [2.05, 4.69) is 4.98 Å². The van der Waals surface area contributed by atoms with Crippen LogP contribution in [0.5, 0.6) is 0 Å². The van der Waals surface area contributed by atoms with Gasteiger partial charge in [-0.15, -0.1) is 0 Å². The Labute approximate surface area is 119 Å². The van der Waals surface area contributed by atoms with Crippen LogP contribution in [0.4, 0.5) is 0 Å². The molecule has 0 amide bonds. The molecule has 0 aliphatic heterocycles. The predicted molar refractivity (Wildman–Crippen MR) is 79.3 cm³/mol. The molecule has 0 spiro atoms. The van der Waals surface area contributed by atoms with Crippen molar-refractivity contribution in [2.24, 2.45) is 5.73 Å². The summed E-state index contributed by atoms with van der Waals surface area (Å²) in [5.41, 5.74) is 7.35. The number of pyridine rings is 1. The molecule has 0 bridgehead atoms. The predicted octanol–water partition coefficient (Wildman–Crippen LogP) is 2.45. The quantitative estimate of drug-likeness (QED) is 0.872. The minimum atomic E-state index is -0.667. The highest BCUT2D eigenvalue weighted by Crippen LogP contribution is 2.18. The molecular weight excluding hydrogens is 252 g/mol. The first-order valence-corrected chi connectivity index (χ1v) is 6.68. The molecule has 4 nitrogen and oxygen atoms in total. The van der Waals surface area contributed by atoms with E-state index in [1.165, 1.54) is 0 Å². The summed E-state index contributed by atoms with van der Waals surface area (Å²) in [6.07, 6.45) is 2.18. The number of aromatic nitrogens is 1. The van der Waals surface area contributed by atoms with Gasteiger partial charge in [0.2, 0.25) is 0 Å². The van der Waals surface area contributed by atoms with E-state index in [4.69, 9.17) is 10.5 Å². The number of hydrogen-bond acceptors (Lipinski definition) is 4. The van der Waals surface area contributed by atoms with E-state index in [0.717, 1.165) is 16.5 Å². The Bertz CT molecular complexity index is 612. The topological polar surface area (TPSA) is 65.2 Å². The molecule has 0 aliphatic rings. The minimum Gasteiger partial charge on any atom is -0.459 e. The molecule has 20 heavy (non-hydrogen) atoms. The highest BCUT2D eigenvalue weighted by Gasteiger charge is 2.22. The van der Waals surface area contributed by atoms with E-state index in [-0.39, 0.29) is 5.97 Å². The molecule has 1 heterocycles. The van der Waals surface area contributed by atoms with Crippen molar-refractivity contribution < 1.29 is 9.53 Å². The highest BCUT2D eigenvalue weighted by molar-refractivity contribution is 5.83. The smallest absolute Gasteiger partial charge is 0.323 e. The van der Waals surface area contributed by atoms with Crippen molar-refractivity contribution in [3.05, 3.63) is 42.1 Å². The van der Waals surface area contributed by atoms with Crippen molar-refractivity contribution in [1.82, 2.24) is 4.98 Å². The first kappa shape index (κ1) is 14.5. The summed E-state index contributed by atoms with van der Waals surface area (Å²) in [6.45, 7) is 5.50. The number of nitrogens with two attached hydrogens (primary N) is 1. The van der Waals surface area contributed by atoms with Crippen LogP contribution in [0.25, 0.3) is 10.9 Å². The van der Waals surface area contributed by atoms with Crippen molar-refractivity contribution in [2.75, 3.05) is 0 Å². The molecule has 0 fully saturated rings. The van der Waals surface area contributed by atoms with Crippen LogP contribution < -0.4 is 5.73 Å². The molecule has 2 aromatic rings. The molecule has 106 valence electrons. The van der Waals surface area contributed by atoms with Crippen molar-refractivity contribution in [1.29, 1.82) is 0 Å². The van der Waals surface area contributed by atoms with E-state index in [0.29, 0.717) is 6.42 Å². The van der Waals surface area contributed by atoms with Gasteiger partial charge in [0.15, 0.2) is 0 Å². The standard InChI is InChI=1S/C16H20N2O2/c1-16(2,3)20-15(19)13(17)10-11-8-9-18-14-7-5-4-6-12(11)14/h4-9,13H,10,17H2,1-3H3. The first-order valence-electron chi connectivity index (χ1n) is 6.68. The van der Waals surface area contributed by atoms with Crippen molar-refractivity contribution in [3.63, 3.8) is 0 Å². The second kappa shape index (κ2) is 5.59. The van der Waals surface area contributed by atoms with Crippen LogP contribution in [0.1, 0.15) is 26.3 Å². The molecule has 2 N–H and O–H groups in total. The maximum Gasteiger partial charge on any atom is 0.323 e. The number of benzene rings is 1. The lowest BCUT2D eigenvalue weighted by Crippen LogP contribution is -2.38. The fourth-order valence-electron chi connectivity index (χ4n) is 2.03. The minimum absolute atomic E-state index is 0.376. The molecule has 4 heteroatoms. The Hall–Kier alpha value is -1.94. The molecule has 0 aliphatic carbocycles. The van der Waals surface area contributed by atoms with Gasteiger partial charge in [0.25, 0.3) is 0 Å². The van der Waals surface area contributed by atoms with Gasteiger partial charge in [-0.25, -0.2) is 0 Å². The van der Waals surface area contributed by atoms with Crippen LogP contribution in [-0.2, 0) is 16.0 Å². The third-order valence-corrected chi connectivity index (χ3v) is 2.89. The molecule has 0 radical (unpaired) electrons. The Morgan fingerprint density at radius 3 is 2.70 bits per heavy atom. The van der Waals surface area contributed by atoms with Gasteiger partial charge in [-0.05, 0) is 44.9 Å². The molecule has 0 saturated heterocycles. The summed E-state index contributed by atoms with van der Waals surface area (Å²) < 4.78 is 5.30. The number of carbonyl (C=O) groups is 1. The largest absolute Gasteiger partial charge is 0.459 e. The highest BCUT2D eigenvalue weighted by atomic mass is 16.6. The molecule has 1 aromatic heterocycles. The third kappa shape index (κ3) is 3.54. The number of hydrogen-bond donors (Lipinski definition) is 1. The number of rotatable bonds is 3. The average molecular weight is 272 g/mol. The zero-order valence-electron chi connectivity index (χ0n) is 12.1. The lowest BCUT2D eigenvalue weighted by molar-refractivity contribution is -0.156. The summed E-state index contributed by atoms with van der Waals surface area (Å²) in [5.74, 6) is -0.376. The summed E-state index contributed by atoms with van der Waals surface area (Å²) in [4.78, 5) is 16.2. The fraction of sp³-hybridized carbons (Fsp3) is 0.375. The first-order chi connectivity index (χ1) is 9.37. The number of carbonyl (C=O) groups excluding carboxylic acids is 1. The van der Waals surface area contributed by atoms with Crippen LogP contribution in [-0.4, -0.2) is 22.6 Å². The van der Waals surface area contributed by atoms with Crippen molar-refractivity contribution in [2.45, 2.75) is 38.8 Å². The van der Waals surface area contributed by atoms with Gasteiger partial charge in [-0.2, -0.15) is 0 Å². The molecular formula is C16H20N2O2. The van der Waals surface area contributed by atoms with Gasteiger partial charge < -0.3 is 10.5 Å². The van der Waals surface area contributed by atoms with Crippen molar-refractivity contribution >= 4 is 16.9 Å². The van der Waals surface area contributed by atoms with Crippen molar-refractivity contribution in [3.8, 4) is 0 Å². The molecule has 1 atom stereocenters. The van der Waals surface area contributed by atoms with Gasteiger partial charge in [0.05, 0.1) is 5.52 Å². The summed E-state index contributed by atoms with van der Waals surface area (Å²) >= 11 is 0. The summed E-state index contributed by atoms with van der Waals surface area (Å²) in [5, 5.41) is 1.02. The molecule has 0 saturated carbocycles. The second-order valence-corrected chi connectivity index (χ2v) is 5.83. The Kier molecular flexibility index (Phi) is 4.04. The van der Waals surface area contributed by atoms with E-state index in [9.17, 15) is 4.79 Å². The van der Waals surface area contributed by atoms with E-state index >= 15 is 0 Å². The maximum atomic E-state index is 11.9. The van der Waals surface area contributed by atoms with Crippen LogP contribution in [0, 0.1) is 0 Å². The maximum absolute atomic E-state index is 11.9. The number of fused-ring (bicyclic) bond motifs is 1. The van der Waals surface area contributed by atoms with Gasteiger partial charge in [-0.1, -0.05) is 18.2 Å². The summed E-state index contributed by atoms with van der Waals surface area (Å²) in [6, 6.07) is 9.04. The van der Waals surface area contributed by atoms with Gasteiger partial charge in [0, 0.05) is 11.6 Å². The van der Waals surface area contributed by atoms with E-state index < -0.39 is 11.6 Å². The molecule has 1 unspecified atom stereocenters. The number of nitrogens with zero attached hydrogens (tertiary/aromatic N) is 1. The van der Waals surface area contributed by atoms with Gasteiger partial charge in [-0.3, -0.25) is 9.78 Å². The van der Waals surface area contributed by atoms with Crippen LogP contribution in [0.2, 0.25) is 0 Å². The molecule has 2 rings (SSSR count). The van der Waals surface area contributed by atoms with Crippen LogP contribution in [0.15, 0.2) is 36.5 Å². The zero-order chi connectivity index (χ0) is 14.8. The fourth-order valence-corrected chi connectivity index (χ4v) is 2.03. The number of ether oxygens (including phenoxy) is 1. The molecule has 1 aromatic carbocycles. The summed E-state index contributed by atoms with van der Waals surface area (Å²) in [7, 11) is 0. The Morgan fingerprint density at radius 2 is 2.00 bits per heavy atom. The van der Waals surface area contributed by atoms with Crippen LogP contribution >= 0.6 is 0 Å². The third-order valence-electron chi connectivity index (χ3n) is 2.89. The number of para-hydroxylation sites is 1. The lowest BCUT2D eigenvalue weighted by atomic mass is 10.0. The monoisotopic (exact) mass is 272 g/mol. The van der Waals surface area contributed by atoms with E-state index in [1.807, 2.05) is 51.1 Å². The Morgan fingerprint density at radius 1 is 1.30 bits per heavy atom. The van der Waals surface area contributed by atoms with E-state index in [1.54, 1.807) is 6.20 Å². The number of esters is 1. The zero-order valence-corrected chi connectivity index (χ0v) is 12.1. The van der Waals surface area contributed by atoms with Gasteiger partial charge in [0.1, 0.15) is 11.6 Å². The van der Waals surface area contributed by atoms with Gasteiger partial charge >= 0.3 is 5.97 Å². The van der Waals surface area contributed by atoms with Crippen LogP contribution in [0.3, 0.4) is 0 Å². The SMILES string of the molecule is CC(C)(C)OC(=O)C(N)Cc1ccnc2ccccc12. The normalized spacial score (nSPS) is 13.2. The Balaban J connectivity index is 2.18.